The smallest absolute Gasteiger partial charge is 0.146 e. The van der Waals surface area contributed by atoms with Crippen LogP contribution in [-0.4, -0.2) is 35.7 Å². The van der Waals surface area contributed by atoms with Gasteiger partial charge in [0.1, 0.15) is 23.9 Å². The quantitative estimate of drug-likeness (QED) is 0.155. The van der Waals surface area contributed by atoms with Crippen molar-refractivity contribution >= 4 is 35.0 Å². The molecule has 0 unspecified atom stereocenters. The summed E-state index contributed by atoms with van der Waals surface area (Å²) in [6.07, 6.45) is -1.21. The third-order valence-electron chi connectivity index (χ3n) is 6.63. The normalized spacial score (nSPS) is 22.7. The van der Waals surface area contributed by atoms with Crippen LogP contribution in [0.3, 0.4) is 0 Å². The molecule has 1 fully saturated rings. The average molecular weight is 596 g/mol. The molecule has 1 saturated heterocycles. The van der Waals surface area contributed by atoms with Gasteiger partial charge < -0.3 is 18.9 Å². The number of alkyl halides is 1. The van der Waals surface area contributed by atoms with Gasteiger partial charge in [-0.1, -0.05) is 114 Å². The monoisotopic (exact) mass is 594 g/mol. The van der Waals surface area contributed by atoms with Crippen LogP contribution in [0.25, 0.3) is 0 Å². The Hall–Kier alpha value is -2.35. The van der Waals surface area contributed by atoms with Gasteiger partial charge in [0.25, 0.3) is 0 Å². The molecule has 5 atom stereocenters. The molecular formula is C33H32Cl2O4S. The van der Waals surface area contributed by atoms with E-state index >= 15 is 0 Å². The first-order chi connectivity index (χ1) is 19.7. The van der Waals surface area contributed by atoms with Crippen LogP contribution in [0.2, 0.25) is 5.02 Å². The number of halogens is 2. The molecule has 0 saturated carbocycles. The molecule has 208 valence electrons. The van der Waals surface area contributed by atoms with E-state index in [0.29, 0.717) is 31.5 Å². The summed E-state index contributed by atoms with van der Waals surface area (Å²) in [6, 6.07) is 38.0. The van der Waals surface area contributed by atoms with E-state index in [9.17, 15) is 0 Å². The maximum absolute atomic E-state index is 6.95. The summed E-state index contributed by atoms with van der Waals surface area (Å²) in [5.41, 5.74) is 2.62. The van der Waals surface area contributed by atoms with Crippen LogP contribution in [-0.2, 0) is 38.8 Å². The molecule has 1 aliphatic rings. The van der Waals surface area contributed by atoms with Gasteiger partial charge in [-0.3, -0.25) is 0 Å². The second-order valence-electron chi connectivity index (χ2n) is 9.59. The average Bonchev–Trinajstić information content (AvgIpc) is 2.99. The number of benzene rings is 4. The van der Waals surface area contributed by atoms with E-state index in [1.165, 1.54) is 0 Å². The molecular weight excluding hydrogens is 563 g/mol. The van der Waals surface area contributed by atoms with Crippen LogP contribution in [0.5, 0.6) is 0 Å². The third kappa shape index (κ3) is 8.34. The van der Waals surface area contributed by atoms with E-state index in [1.54, 1.807) is 11.8 Å². The van der Waals surface area contributed by atoms with E-state index in [0.717, 1.165) is 21.6 Å². The van der Waals surface area contributed by atoms with Crippen LogP contribution < -0.4 is 0 Å². The number of ether oxygens (including phenoxy) is 4. The Balaban J connectivity index is 1.39. The van der Waals surface area contributed by atoms with Crippen molar-refractivity contribution in [2.24, 2.45) is 0 Å². The van der Waals surface area contributed by atoms with Gasteiger partial charge in [-0.15, -0.1) is 11.8 Å². The van der Waals surface area contributed by atoms with Crippen molar-refractivity contribution in [3.05, 3.63) is 137 Å². The molecule has 4 aromatic rings. The van der Waals surface area contributed by atoms with Gasteiger partial charge in [0.05, 0.1) is 31.7 Å². The summed E-state index contributed by atoms with van der Waals surface area (Å²) < 4.78 is 25.8. The number of thioether (sulfide) groups is 1. The van der Waals surface area contributed by atoms with E-state index < -0.39 is 17.8 Å². The Morgan fingerprint density at radius 2 is 1.12 bits per heavy atom. The fourth-order valence-electron chi connectivity index (χ4n) is 4.59. The summed E-state index contributed by atoms with van der Waals surface area (Å²) in [7, 11) is 0. The van der Waals surface area contributed by atoms with E-state index in [4.69, 9.17) is 42.1 Å². The fourth-order valence-corrected chi connectivity index (χ4v) is 6.29. The van der Waals surface area contributed by atoms with E-state index in [-0.39, 0.29) is 11.4 Å². The van der Waals surface area contributed by atoms with Crippen molar-refractivity contribution < 1.29 is 18.9 Å². The Morgan fingerprint density at radius 3 is 1.68 bits per heavy atom. The molecule has 0 radical (unpaired) electrons. The predicted octanol–water partition coefficient (Wildman–Crippen LogP) is 8.15. The van der Waals surface area contributed by atoms with Gasteiger partial charge in [-0.05, 0) is 41.0 Å². The Labute approximate surface area is 250 Å². The summed E-state index contributed by atoms with van der Waals surface area (Å²) in [5.74, 6) is 0. The maximum atomic E-state index is 6.95. The number of rotatable bonds is 12. The van der Waals surface area contributed by atoms with Gasteiger partial charge in [-0.25, -0.2) is 0 Å². The topological polar surface area (TPSA) is 36.9 Å². The lowest BCUT2D eigenvalue weighted by Crippen LogP contribution is -2.58. The molecule has 0 amide bonds. The van der Waals surface area contributed by atoms with Crippen molar-refractivity contribution in [2.75, 3.05) is 6.61 Å². The molecule has 1 heterocycles. The minimum atomic E-state index is -0.622. The molecule has 1 aliphatic heterocycles. The third-order valence-corrected chi connectivity index (χ3v) is 8.73. The molecule has 4 nitrogen and oxygen atoms in total. The molecule has 40 heavy (non-hydrogen) atoms. The van der Waals surface area contributed by atoms with E-state index in [1.807, 2.05) is 91.0 Å². The van der Waals surface area contributed by atoms with E-state index in [2.05, 4.69) is 24.3 Å². The van der Waals surface area contributed by atoms with Crippen LogP contribution in [0, 0.1) is 0 Å². The largest absolute Gasteiger partial charge is 0.374 e. The Bertz CT molecular complexity index is 1280. The van der Waals surface area contributed by atoms with Gasteiger partial charge >= 0.3 is 0 Å². The van der Waals surface area contributed by atoms with Crippen molar-refractivity contribution in [1.29, 1.82) is 0 Å². The molecule has 0 N–H and O–H groups in total. The van der Waals surface area contributed by atoms with Crippen molar-refractivity contribution in [1.82, 2.24) is 0 Å². The highest BCUT2D eigenvalue weighted by atomic mass is 35.5. The Morgan fingerprint density at radius 1 is 0.625 bits per heavy atom. The number of hydrogen-bond donors (Lipinski definition) is 0. The second kappa shape index (κ2) is 15.0. The summed E-state index contributed by atoms with van der Waals surface area (Å²) >= 11 is 14.7. The van der Waals surface area contributed by atoms with Crippen LogP contribution in [0.15, 0.2) is 120 Å². The summed E-state index contributed by atoms with van der Waals surface area (Å²) in [4.78, 5) is 1.03. The molecule has 0 aromatic heterocycles. The standard InChI is InChI=1S/C33H32Cl2O4S/c34-27-16-18-28(19-17-27)40-32-31(38-22-26-14-8-3-9-15-26)30(37-21-25-12-6-2-7-13-25)29(39-33(32)35)23-36-20-24-10-4-1-5-11-24/h1-19,29-33H,20-23H2/t29-,30-,31+,32-,33+/m1/s1. The first-order valence-electron chi connectivity index (χ1n) is 13.3. The Kier molecular flexibility index (Phi) is 11.0. The molecule has 5 rings (SSSR count). The minimum absolute atomic E-state index is 0.238. The first-order valence-corrected chi connectivity index (χ1v) is 15.0. The van der Waals surface area contributed by atoms with Crippen molar-refractivity contribution in [2.45, 2.75) is 53.8 Å². The number of hydrogen-bond acceptors (Lipinski definition) is 5. The molecule has 0 bridgehead atoms. The molecule has 0 aliphatic carbocycles. The zero-order valence-electron chi connectivity index (χ0n) is 22.0. The summed E-state index contributed by atoms with van der Waals surface area (Å²) in [5, 5.41) is 0.445. The summed E-state index contributed by atoms with van der Waals surface area (Å²) in [6.45, 7) is 1.63. The second-order valence-corrected chi connectivity index (χ2v) is 11.7. The SMILES string of the molecule is Clc1ccc(S[C@@H]2[C@@H](OCc3ccccc3)[C@H](OCc3ccccc3)[C@@H](COCc3ccccc3)O[C@@H]2Cl)cc1. The lowest BCUT2D eigenvalue weighted by atomic mass is 10.0. The molecule has 4 aromatic carbocycles. The molecule has 7 heteroatoms. The maximum Gasteiger partial charge on any atom is 0.146 e. The van der Waals surface area contributed by atoms with Gasteiger partial charge in [0, 0.05) is 9.92 Å². The highest BCUT2D eigenvalue weighted by molar-refractivity contribution is 8.00. The lowest BCUT2D eigenvalue weighted by molar-refractivity contribution is -0.202. The van der Waals surface area contributed by atoms with Crippen LogP contribution >= 0.6 is 35.0 Å². The predicted molar refractivity (Wildman–Crippen MR) is 162 cm³/mol. The van der Waals surface area contributed by atoms with Crippen molar-refractivity contribution in [3.63, 3.8) is 0 Å². The zero-order valence-corrected chi connectivity index (χ0v) is 24.3. The highest BCUT2D eigenvalue weighted by Gasteiger charge is 2.47. The zero-order chi connectivity index (χ0) is 27.6. The highest BCUT2D eigenvalue weighted by Crippen LogP contribution is 2.40. The van der Waals surface area contributed by atoms with Crippen molar-refractivity contribution in [3.8, 4) is 0 Å². The minimum Gasteiger partial charge on any atom is -0.374 e. The van der Waals surface area contributed by atoms with Gasteiger partial charge in [0.2, 0.25) is 0 Å². The fraction of sp³-hybridized carbons (Fsp3) is 0.273. The first kappa shape index (κ1) is 29.2. The van der Waals surface area contributed by atoms with Gasteiger partial charge in [0.15, 0.2) is 0 Å². The van der Waals surface area contributed by atoms with Crippen LogP contribution in [0.4, 0.5) is 0 Å². The molecule has 0 spiro atoms. The van der Waals surface area contributed by atoms with Crippen LogP contribution in [0.1, 0.15) is 16.7 Å². The lowest BCUT2D eigenvalue weighted by Gasteiger charge is -2.44. The van der Waals surface area contributed by atoms with Gasteiger partial charge in [-0.2, -0.15) is 0 Å².